The molecule has 158 valence electrons. The summed E-state index contributed by atoms with van der Waals surface area (Å²) in [6.45, 7) is 1.09. The molecule has 0 saturated carbocycles. The fourth-order valence-corrected chi connectivity index (χ4v) is 3.61. The van der Waals surface area contributed by atoms with Crippen LogP contribution in [0.4, 0.5) is 5.82 Å². The van der Waals surface area contributed by atoms with E-state index in [9.17, 15) is 4.79 Å². The summed E-state index contributed by atoms with van der Waals surface area (Å²) in [5, 5.41) is 4.08. The number of amides is 1. The van der Waals surface area contributed by atoms with E-state index in [1.807, 2.05) is 12.1 Å². The number of H-pyrrole nitrogens is 1. The molecule has 1 aliphatic heterocycles. The molecular formula is C20H24N6O4. The highest BCUT2D eigenvalue weighted by Crippen LogP contribution is 2.37. The molecule has 1 saturated heterocycles. The third-order valence-corrected chi connectivity index (χ3v) is 5.14. The zero-order valence-electron chi connectivity index (χ0n) is 16.8. The van der Waals surface area contributed by atoms with Gasteiger partial charge in [0, 0.05) is 29.6 Å². The SMILES string of the molecule is COc1ccc2[nH]c(-c3nc(N[C@@H]4CCOC[C@@H]4N)cnc3C(N)=O)cc2c1OC. The van der Waals surface area contributed by atoms with E-state index < -0.39 is 5.91 Å². The van der Waals surface area contributed by atoms with Crippen LogP contribution in [0.15, 0.2) is 24.4 Å². The third kappa shape index (κ3) is 3.62. The van der Waals surface area contributed by atoms with Gasteiger partial charge in [-0.1, -0.05) is 0 Å². The molecule has 10 heteroatoms. The molecule has 30 heavy (non-hydrogen) atoms. The van der Waals surface area contributed by atoms with Crippen LogP contribution in [-0.2, 0) is 4.74 Å². The van der Waals surface area contributed by atoms with Crippen LogP contribution in [0.5, 0.6) is 11.5 Å². The molecule has 0 spiro atoms. The second-order valence-corrected chi connectivity index (χ2v) is 7.04. The van der Waals surface area contributed by atoms with Crippen molar-refractivity contribution in [2.24, 2.45) is 11.5 Å². The number of rotatable bonds is 6. The van der Waals surface area contributed by atoms with E-state index in [0.29, 0.717) is 41.9 Å². The van der Waals surface area contributed by atoms with Crippen molar-refractivity contribution in [2.75, 3.05) is 32.8 Å². The Hall–Kier alpha value is -3.37. The van der Waals surface area contributed by atoms with Crippen LogP contribution in [-0.4, -0.2) is 60.4 Å². The number of anilines is 1. The Bertz CT molecular complexity index is 1080. The molecule has 3 heterocycles. The first-order valence-electron chi connectivity index (χ1n) is 9.52. The van der Waals surface area contributed by atoms with Gasteiger partial charge in [-0.2, -0.15) is 0 Å². The number of nitrogens with one attached hydrogen (secondary N) is 2. The fourth-order valence-electron chi connectivity index (χ4n) is 3.61. The van der Waals surface area contributed by atoms with Crippen LogP contribution in [0.1, 0.15) is 16.9 Å². The number of carbonyl (C=O) groups is 1. The molecule has 1 aromatic carbocycles. The van der Waals surface area contributed by atoms with Crippen LogP contribution in [0, 0.1) is 0 Å². The molecule has 10 nitrogen and oxygen atoms in total. The molecule has 3 aromatic rings. The van der Waals surface area contributed by atoms with E-state index in [2.05, 4.69) is 20.3 Å². The number of ether oxygens (including phenoxy) is 3. The molecule has 0 unspecified atom stereocenters. The van der Waals surface area contributed by atoms with Gasteiger partial charge >= 0.3 is 0 Å². The normalized spacial score (nSPS) is 18.9. The number of nitrogens with zero attached hydrogens (tertiary/aromatic N) is 2. The van der Waals surface area contributed by atoms with Crippen molar-refractivity contribution >= 4 is 22.6 Å². The number of primary amides is 1. The topological polar surface area (TPSA) is 150 Å². The van der Waals surface area contributed by atoms with Crippen LogP contribution in [0.3, 0.4) is 0 Å². The number of hydrogen-bond donors (Lipinski definition) is 4. The monoisotopic (exact) mass is 412 g/mol. The van der Waals surface area contributed by atoms with Crippen molar-refractivity contribution in [3.05, 3.63) is 30.1 Å². The van der Waals surface area contributed by atoms with Gasteiger partial charge in [-0.3, -0.25) is 4.79 Å². The maximum Gasteiger partial charge on any atom is 0.269 e. The summed E-state index contributed by atoms with van der Waals surface area (Å²) in [5.41, 5.74) is 13.4. The number of methoxy groups -OCH3 is 2. The second kappa shape index (κ2) is 8.17. The second-order valence-electron chi connectivity index (χ2n) is 7.04. The van der Waals surface area contributed by atoms with Crippen LogP contribution in [0.2, 0.25) is 0 Å². The Balaban J connectivity index is 1.77. The zero-order chi connectivity index (χ0) is 21.3. The Morgan fingerprint density at radius 3 is 2.87 bits per heavy atom. The first-order valence-corrected chi connectivity index (χ1v) is 9.52. The van der Waals surface area contributed by atoms with Gasteiger partial charge < -0.3 is 36.0 Å². The highest BCUT2D eigenvalue weighted by molar-refractivity contribution is 5.99. The van der Waals surface area contributed by atoms with Gasteiger partial charge in [0.2, 0.25) is 0 Å². The Labute approximate surface area is 172 Å². The predicted octanol–water partition coefficient (Wildman–Crippen LogP) is 1.27. The summed E-state index contributed by atoms with van der Waals surface area (Å²) in [6.07, 6.45) is 2.23. The number of hydrogen-bond acceptors (Lipinski definition) is 8. The van der Waals surface area contributed by atoms with Crippen molar-refractivity contribution in [3.8, 4) is 22.9 Å². The van der Waals surface area contributed by atoms with Gasteiger partial charge in [0.05, 0.1) is 32.7 Å². The van der Waals surface area contributed by atoms with Crippen molar-refractivity contribution < 1.29 is 19.0 Å². The number of aromatic amines is 1. The number of benzene rings is 1. The molecule has 2 atom stereocenters. The van der Waals surface area contributed by atoms with Crippen molar-refractivity contribution in [3.63, 3.8) is 0 Å². The van der Waals surface area contributed by atoms with Gasteiger partial charge in [0.15, 0.2) is 17.2 Å². The van der Waals surface area contributed by atoms with Crippen LogP contribution in [0.25, 0.3) is 22.3 Å². The number of aromatic nitrogens is 3. The Morgan fingerprint density at radius 2 is 2.17 bits per heavy atom. The van der Waals surface area contributed by atoms with E-state index in [4.69, 9.17) is 25.7 Å². The first kappa shape index (κ1) is 19.9. The van der Waals surface area contributed by atoms with E-state index in [0.717, 1.165) is 17.3 Å². The molecule has 1 aliphatic rings. The van der Waals surface area contributed by atoms with Crippen molar-refractivity contribution in [1.82, 2.24) is 15.0 Å². The lowest BCUT2D eigenvalue weighted by Crippen LogP contribution is -2.47. The highest BCUT2D eigenvalue weighted by Gasteiger charge is 2.24. The lowest BCUT2D eigenvalue weighted by atomic mass is 10.0. The number of fused-ring (bicyclic) bond motifs is 1. The molecule has 2 aromatic heterocycles. The summed E-state index contributed by atoms with van der Waals surface area (Å²) in [4.78, 5) is 24.1. The smallest absolute Gasteiger partial charge is 0.269 e. The Morgan fingerprint density at radius 1 is 1.33 bits per heavy atom. The van der Waals surface area contributed by atoms with Crippen molar-refractivity contribution in [2.45, 2.75) is 18.5 Å². The van der Waals surface area contributed by atoms with Gasteiger partial charge in [0.1, 0.15) is 11.5 Å². The lowest BCUT2D eigenvalue weighted by Gasteiger charge is -2.29. The largest absolute Gasteiger partial charge is 0.493 e. The first-order chi connectivity index (χ1) is 14.5. The molecule has 0 aliphatic carbocycles. The predicted molar refractivity (Wildman–Crippen MR) is 112 cm³/mol. The summed E-state index contributed by atoms with van der Waals surface area (Å²) in [5.74, 6) is 1.00. The maximum absolute atomic E-state index is 12.0. The fraction of sp³-hybridized carbons (Fsp3) is 0.350. The average molecular weight is 412 g/mol. The summed E-state index contributed by atoms with van der Waals surface area (Å²) in [6, 6.07) is 5.32. The maximum atomic E-state index is 12.0. The van der Waals surface area contributed by atoms with Gasteiger partial charge in [-0.05, 0) is 24.6 Å². The average Bonchev–Trinajstić information content (AvgIpc) is 3.18. The lowest BCUT2D eigenvalue weighted by molar-refractivity contribution is 0.0752. The summed E-state index contributed by atoms with van der Waals surface area (Å²) < 4.78 is 16.2. The molecule has 1 fully saturated rings. The standard InChI is InChI=1S/C20H24N6O4/c1-28-15-4-3-12-10(19(15)29-2)7-14(24-12)17-18(20(22)27)23-8-16(26-17)25-13-5-6-30-9-11(13)21/h3-4,7-8,11,13,24H,5-6,9,21H2,1-2H3,(H2,22,27)(H,25,26)/t11-,13+/m0/s1. The number of nitrogens with two attached hydrogens (primary N) is 2. The molecular weight excluding hydrogens is 388 g/mol. The van der Waals surface area contributed by atoms with Crippen LogP contribution < -0.4 is 26.3 Å². The van der Waals surface area contributed by atoms with Gasteiger partial charge in [-0.25, -0.2) is 9.97 Å². The van der Waals surface area contributed by atoms with Gasteiger partial charge in [-0.15, -0.1) is 0 Å². The third-order valence-electron chi connectivity index (χ3n) is 5.14. The highest BCUT2D eigenvalue weighted by atomic mass is 16.5. The molecule has 1 amide bonds. The summed E-state index contributed by atoms with van der Waals surface area (Å²) in [7, 11) is 3.14. The quantitative estimate of drug-likeness (QED) is 0.473. The minimum Gasteiger partial charge on any atom is -0.493 e. The van der Waals surface area contributed by atoms with E-state index in [-0.39, 0.29) is 17.8 Å². The molecule has 0 radical (unpaired) electrons. The number of carbonyl (C=O) groups excluding carboxylic acids is 1. The minimum atomic E-state index is -0.671. The molecule has 4 rings (SSSR count). The molecule has 0 bridgehead atoms. The molecule has 6 N–H and O–H groups in total. The van der Waals surface area contributed by atoms with E-state index >= 15 is 0 Å². The van der Waals surface area contributed by atoms with Gasteiger partial charge in [0.25, 0.3) is 5.91 Å². The summed E-state index contributed by atoms with van der Waals surface area (Å²) >= 11 is 0. The van der Waals surface area contributed by atoms with E-state index in [1.54, 1.807) is 20.3 Å². The van der Waals surface area contributed by atoms with Crippen molar-refractivity contribution in [1.29, 1.82) is 0 Å². The van der Waals surface area contributed by atoms with E-state index in [1.165, 1.54) is 6.20 Å². The Kier molecular flexibility index (Phi) is 5.42. The van der Waals surface area contributed by atoms with Crippen LogP contribution >= 0.6 is 0 Å². The minimum absolute atomic E-state index is 0.00704. The zero-order valence-corrected chi connectivity index (χ0v) is 16.8.